The van der Waals surface area contributed by atoms with E-state index < -0.39 is 35.3 Å². The second-order valence-corrected chi connectivity index (χ2v) is 8.29. The fourth-order valence-electron chi connectivity index (χ4n) is 3.66. The zero-order chi connectivity index (χ0) is 23.9. The Kier molecular flexibility index (Phi) is 5.93. The summed E-state index contributed by atoms with van der Waals surface area (Å²) < 4.78 is 67.1. The van der Waals surface area contributed by atoms with E-state index in [9.17, 15) is 32.0 Å². The van der Waals surface area contributed by atoms with Gasteiger partial charge in [-0.2, -0.15) is 18.4 Å². The summed E-state index contributed by atoms with van der Waals surface area (Å²) in [5.74, 6) is -0.708. The number of nitriles is 1. The van der Waals surface area contributed by atoms with Crippen molar-refractivity contribution in [2.24, 2.45) is 0 Å². The predicted octanol–water partition coefficient (Wildman–Crippen LogP) is 6.50. The van der Waals surface area contributed by atoms with E-state index in [1.807, 2.05) is 24.3 Å². The van der Waals surface area contributed by atoms with Gasteiger partial charge >= 0.3 is 6.18 Å². The Morgan fingerprint density at radius 2 is 1.73 bits per heavy atom. The molecule has 0 spiro atoms. The molecule has 4 rings (SSSR count). The highest BCUT2D eigenvalue weighted by Crippen LogP contribution is 2.34. The molecule has 1 amide bonds. The average molecular weight is 522 g/mol. The lowest BCUT2D eigenvalue weighted by Crippen LogP contribution is -2.27. The average Bonchev–Trinajstić information content (AvgIpc) is 3.20. The minimum absolute atomic E-state index is 0.0545. The third-order valence-corrected chi connectivity index (χ3v) is 5.77. The molecule has 1 aliphatic rings. The van der Waals surface area contributed by atoms with Gasteiger partial charge in [-0.1, -0.05) is 34.1 Å². The highest BCUT2D eigenvalue weighted by Gasteiger charge is 2.32. The first-order valence-electron chi connectivity index (χ1n) is 9.56. The first-order valence-corrected chi connectivity index (χ1v) is 10.3. The number of hydrogen-bond acceptors (Lipinski definition) is 3. The number of fused-ring (bicyclic) bond motifs is 1. The molecule has 2 heterocycles. The Bertz CT molecular complexity index is 1280. The number of aromatic nitrogens is 1. The Hall–Kier alpha value is -3.32. The van der Waals surface area contributed by atoms with Gasteiger partial charge in [-0.3, -0.25) is 4.79 Å². The van der Waals surface area contributed by atoms with Crippen LogP contribution < -0.4 is 0 Å². The molecule has 1 aliphatic heterocycles. The molecule has 0 N–H and O–H groups in total. The van der Waals surface area contributed by atoms with Gasteiger partial charge < -0.3 is 4.90 Å². The number of carbonyl (C=O) groups excluding carboxylic acids is 1. The Balaban J connectivity index is 1.73. The Morgan fingerprint density at radius 3 is 2.33 bits per heavy atom. The number of nitrogens with zero attached hydrogens (tertiary/aromatic N) is 3. The summed E-state index contributed by atoms with van der Waals surface area (Å²) >= 11 is 3.35. The SMILES string of the molecule is N#Cc1cc(C(=O)N2Cc3ccc(Br)cc3C2)c(C(F)F)nc1-c1ccc(C(F)(F)F)cc1. The lowest BCUT2D eigenvalue weighted by molar-refractivity contribution is -0.137. The normalized spacial score (nSPS) is 13.2. The first kappa shape index (κ1) is 22.9. The number of amides is 1. The molecular weight excluding hydrogens is 509 g/mol. The van der Waals surface area contributed by atoms with Crippen molar-refractivity contribution in [3.63, 3.8) is 0 Å². The van der Waals surface area contributed by atoms with Crippen LogP contribution in [-0.2, 0) is 19.3 Å². The van der Waals surface area contributed by atoms with Gasteiger partial charge in [-0.05, 0) is 41.5 Å². The Labute approximate surface area is 193 Å². The second kappa shape index (κ2) is 8.56. The predicted molar refractivity (Wildman–Crippen MR) is 112 cm³/mol. The maximum absolute atomic E-state index is 13.9. The highest BCUT2D eigenvalue weighted by atomic mass is 79.9. The van der Waals surface area contributed by atoms with Crippen molar-refractivity contribution in [1.82, 2.24) is 9.88 Å². The fourth-order valence-corrected chi connectivity index (χ4v) is 4.07. The lowest BCUT2D eigenvalue weighted by Gasteiger charge is -2.18. The molecule has 4 nitrogen and oxygen atoms in total. The van der Waals surface area contributed by atoms with Gasteiger partial charge in [0.2, 0.25) is 0 Å². The van der Waals surface area contributed by atoms with Gasteiger partial charge in [-0.15, -0.1) is 0 Å². The largest absolute Gasteiger partial charge is 0.416 e. The van der Waals surface area contributed by atoms with E-state index in [1.54, 1.807) is 0 Å². The summed E-state index contributed by atoms with van der Waals surface area (Å²) in [5.41, 5.74) is -0.778. The number of hydrogen-bond donors (Lipinski definition) is 0. The maximum Gasteiger partial charge on any atom is 0.416 e. The third kappa shape index (κ3) is 4.46. The molecule has 0 radical (unpaired) electrons. The summed E-state index contributed by atoms with van der Waals surface area (Å²) in [6, 6.07) is 12.0. The number of carbonyl (C=O) groups is 1. The fraction of sp³-hybridized carbons (Fsp3) is 0.174. The van der Waals surface area contributed by atoms with Crippen LogP contribution in [0.15, 0.2) is 53.0 Å². The van der Waals surface area contributed by atoms with Crippen molar-refractivity contribution in [1.29, 1.82) is 5.26 Å². The van der Waals surface area contributed by atoms with E-state index in [-0.39, 0.29) is 29.9 Å². The molecule has 0 fully saturated rings. The van der Waals surface area contributed by atoms with Gasteiger partial charge in [0.25, 0.3) is 12.3 Å². The third-order valence-electron chi connectivity index (χ3n) is 5.27. The summed E-state index contributed by atoms with van der Waals surface area (Å²) in [7, 11) is 0. The van der Waals surface area contributed by atoms with Crippen LogP contribution in [0.4, 0.5) is 22.0 Å². The number of rotatable bonds is 3. The van der Waals surface area contributed by atoms with Crippen LogP contribution in [-0.4, -0.2) is 15.8 Å². The van der Waals surface area contributed by atoms with Crippen LogP contribution in [0.5, 0.6) is 0 Å². The van der Waals surface area contributed by atoms with Crippen LogP contribution in [0.2, 0.25) is 0 Å². The highest BCUT2D eigenvalue weighted by molar-refractivity contribution is 9.10. The van der Waals surface area contributed by atoms with E-state index in [2.05, 4.69) is 20.9 Å². The van der Waals surface area contributed by atoms with Gasteiger partial charge in [0.05, 0.1) is 22.4 Å². The molecule has 0 aliphatic carbocycles. The van der Waals surface area contributed by atoms with Crippen LogP contribution in [0.25, 0.3) is 11.3 Å². The Morgan fingerprint density at radius 1 is 1.06 bits per heavy atom. The molecule has 1 aromatic heterocycles. The maximum atomic E-state index is 13.9. The molecule has 0 unspecified atom stereocenters. The zero-order valence-electron chi connectivity index (χ0n) is 16.6. The van der Waals surface area contributed by atoms with Crippen molar-refractivity contribution in [2.75, 3.05) is 0 Å². The number of pyridine rings is 1. The molecule has 2 aromatic carbocycles. The molecule has 0 saturated carbocycles. The van der Waals surface area contributed by atoms with E-state index in [1.165, 1.54) is 4.90 Å². The number of halogens is 6. The molecule has 0 saturated heterocycles. The van der Waals surface area contributed by atoms with Gasteiger partial charge in [0.1, 0.15) is 11.8 Å². The van der Waals surface area contributed by atoms with Crippen molar-refractivity contribution >= 4 is 21.8 Å². The molecule has 33 heavy (non-hydrogen) atoms. The molecule has 3 aromatic rings. The number of benzene rings is 2. The summed E-state index contributed by atoms with van der Waals surface area (Å²) in [6.07, 6.45) is -7.71. The zero-order valence-corrected chi connectivity index (χ0v) is 18.2. The minimum atomic E-state index is -4.57. The topological polar surface area (TPSA) is 57.0 Å². The van der Waals surface area contributed by atoms with Gasteiger partial charge in [0.15, 0.2) is 0 Å². The first-order chi connectivity index (χ1) is 15.6. The monoisotopic (exact) mass is 521 g/mol. The summed E-state index contributed by atoms with van der Waals surface area (Å²) in [5, 5.41) is 9.55. The van der Waals surface area contributed by atoms with Crippen LogP contribution in [0.3, 0.4) is 0 Å². The van der Waals surface area contributed by atoms with E-state index in [4.69, 9.17) is 0 Å². The van der Waals surface area contributed by atoms with Crippen molar-refractivity contribution in [3.8, 4) is 17.3 Å². The van der Waals surface area contributed by atoms with E-state index in [0.717, 1.165) is 45.9 Å². The van der Waals surface area contributed by atoms with Gasteiger partial charge in [-0.25, -0.2) is 13.8 Å². The lowest BCUT2D eigenvalue weighted by atomic mass is 10.0. The molecule has 0 bridgehead atoms. The van der Waals surface area contributed by atoms with Crippen molar-refractivity contribution < 1.29 is 26.7 Å². The molecule has 10 heteroatoms. The quantitative estimate of drug-likeness (QED) is 0.370. The van der Waals surface area contributed by atoms with Crippen molar-refractivity contribution in [2.45, 2.75) is 25.7 Å². The second-order valence-electron chi connectivity index (χ2n) is 7.38. The molecule has 168 valence electrons. The standard InChI is InChI=1S/C23H13BrF5N3O/c24-17-6-3-13-10-32(11-15(13)7-17)22(33)18-8-14(9-30)19(31-20(18)21(25)26)12-1-4-16(5-2-12)23(27,28)29/h1-8,21H,10-11H2. The van der Waals surface area contributed by atoms with Gasteiger partial charge in [0, 0.05) is 23.1 Å². The molecular formula is C23H13BrF5N3O. The minimum Gasteiger partial charge on any atom is -0.330 e. The smallest absolute Gasteiger partial charge is 0.330 e. The summed E-state index contributed by atoms with van der Waals surface area (Å²) in [6.45, 7) is 0.422. The van der Waals surface area contributed by atoms with E-state index in [0.29, 0.717) is 0 Å². The van der Waals surface area contributed by atoms with Crippen LogP contribution >= 0.6 is 15.9 Å². The van der Waals surface area contributed by atoms with Crippen LogP contribution in [0, 0.1) is 11.3 Å². The summed E-state index contributed by atoms with van der Waals surface area (Å²) in [4.78, 5) is 18.3. The van der Waals surface area contributed by atoms with Crippen molar-refractivity contribution in [3.05, 3.63) is 86.5 Å². The number of alkyl halides is 5. The van der Waals surface area contributed by atoms with E-state index >= 15 is 0 Å². The van der Waals surface area contributed by atoms with Crippen LogP contribution in [0.1, 0.15) is 44.7 Å². The molecule has 0 atom stereocenters.